The fourth-order valence-electron chi connectivity index (χ4n) is 5.32. The van der Waals surface area contributed by atoms with Gasteiger partial charge in [-0.15, -0.1) is 0 Å². The van der Waals surface area contributed by atoms with E-state index in [4.69, 9.17) is 21.1 Å². The first-order chi connectivity index (χ1) is 21.0. The lowest BCUT2D eigenvalue weighted by molar-refractivity contribution is -0.114. The number of carbonyl (C=O) groups excluding carboxylic acids is 1. The predicted molar refractivity (Wildman–Crippen MR) is 165 cm³/mol. The highest BCUT2D eigenvalue weighted by Crippen LogP contribution is 2.42. The molecule has 1 saturated carbocycles. The lowest BCUT2D eigenvalue weighted by Gasteiger charge is -2.34. The highest BCUT2D eigenvalue weighted by Gasteiger charge is 2.26. The number of likely N-dealkylation sites (N-methyl/N-ethyl adjacent to an activating group) is 1. The smallest absolute Gasteiger partial charge is 0.250 e. The van der Waals surface area contributed by atoms with E-state index in [1.165, 1.54) is 31.9 Å². The minimum Gasteiger partial charge on any atom is -0.489 e. The van der Waals surface area contributed by atoms with E-state index in [1.54, 1.807) is 46.0 Å². The number of hydrogen-bond donors (Lipinski definition) is 1. The van der Waals surface area contributed by atoms with Gasteiger partial charge >= 0.3 is 0 Å². The fourth-order valence-corrected chi connectivity index (χ4v) is 5.54. The molecule has 1 aliphatic carbocycles. The van der Waals surface area contributed by atoms with Crippen LogP contribution >= 0.6 is 11.6 Å². The van der Waals surface area contributed by atoms with Gasteiger partial charge in [0.15, 0.2) is 11.4 Å². The van der Waals surface area contributed by atoms with Crippen LogP contribution in [-0.4, -0.2) is 68.2 Å². The molecule has 0 unspecified atom stereocenters. The van der Waals surface area contributed by atoms with E-state index >= 15 is 0 Å². The molecule has 0 bridgehead atoms. The molecule has 1 amide bonds. The van der Waals surface area contributed by atoms with Crippen LogP contribution in [0.1, 0.15) is 19.3 Å². The molecule has 218 valence electrons. The maximum atomic E-state index is 13.2. The normalized spacial score (nSPS) is 15.1. The third-order valence-corrected chi connectivity index (χ3v) is 8.18. The highest BCUT2D eigenvalue weighted by atomic mass is 35.5. The lowest BCUT2D eigenvalue weighted by Crippen LogP contribution is -2.38. The van der Waals surface area contributed by atoms with Gasteiger partial charge in [0.25, 0.3) is 5.91 Å². The summed E-state index contributed by atoms with van der Waals surface area (Å²) >= 11 is 6.61. The lowest BCUT2D eigenvalue weighted by atomic mass is 9.92. The van der Waals surface area contributed by atoms with Crippen LogP contribution in [0.5, 0.6) is 17.2 Å². The van der Waals surface area contributed by atoms with E-state index in [-0.39, 0.29) is 5.91 Å². The van der Waals surface area contributed by atoms with E-state index in [9.17, 15) is 4.79 Å². The summed E-state index contributed by atoms with van der Waals surface area (Å²) in [5, 5.41) is 8.54. The summed E-state index contributed by atoms with van der Waals surface area (Å²) in [6.45, 7) is 1.56. The summed E-state index contributed by atoms with van der Waals surface area (Å²) < 4.78 is 13.8. The second-order valence-electron chi connectivity index (χ2n) is 10.6. The number of nitrogens with one attached hydrogen (secondary N) is 1. The molecule has 5 aromatic rings. The number of ether oxygens (including phenoxy) is 2. The van der Waals surface area contributed by atoms with Crippen LogP contribution in [-0.2, 0) is 4.79 Å². The van der Waals surface area contributed by atoms with E-state index in [0.717, 1.165) is 6.54 Å². The molecule has 1 fully saturated rings. The van der Waals surface area contributed by atoms with Crippen molar-refractivity contribution >= 4 is 51.3 Å². The average Bonchev–Trinajstić information content (AvgIpc) is 3.45. The Morgan fingerprint density at radius 2 is 2.07 bits per heavy atom. The number of hydrogen-bond acceptors (Lipinski definition) is 9. The number of carbonyl (C=O) groups is 1. The number of rotatable bonds is 8. The van der Waals surface area contributed by atoms with Crippen LogP contribution in [0, 0.1) is 0 Å². The summed E-state index contributed by atoms with van der Waals surface area (Å²) in [4.78, 5) is 30.4. The second kappa shape index (κ2) is 11.5. The van der Waals surface area contributed by atoms with Crippen LogP contribution in [0.15, 0.2) is 73.5 Å². The maximum Gasteiger partial charge on any atom is 0.250 e. The monoisotopic (exact) mass is 596 g/mol. The number of benzene rings is 2. The second-order valence-corrected chi connectivity index (χ2v) is 11.0. The molecule has 0 saturated heterocycles. The van der Waals surface area contributed by atoms with Crippen molar-refractivity contribution in [2.45, 2.75) is 25.3 Å². The first kappa shape index (κ1) is 27.1. The molecule has 12 heteroatoms. The van der Waals surface area contributed by atoms with Crippen molar-refractivity contribution in [2.75, 3.05) is 37.0 Å². The molecular weight excluding hydrogens is 568 g/mol. The van der Waals surface area contributed by atoms with Gasteiger partial charge in [0, 0.05) is 36.6 Å². The summed E-state index contributed by atoms with van der Waals surface area (Å²) in [6, 6.07) is 13.3. The van der Waals surface area contributed by atoms with Crippen LogP contribution < -0.4 is 19.7 Å². The number of aromatic nitrogens is 5. The molecule has 4 heterocycles. The highest BCUT2D eigenvalue weighted by molar-refractivity contribution is 6.32. The van der Waals surface area contributed by atoms with E-state index in [1.807, 2.05) is 24.3 Å². The fraction of sp³-hybridized carbons (Fsp3) is 0.258. The SMILES string of the molecule is CN(C/C=C/C(=O)N1CCOc2c1ccc1ncnc(Nc3ccc(Oc4ccn5ncnc5c4)c(Cl)c3)c21)C1CCC1. The van der Waals surface area contributed by atoms with Gasteiger partial charge in [-0.2, -0.15) is 5.10 Å². The van der Waals surface area contributed by atoms with Gasteiger partial charge in [0.1, 0.15) is 36.6 Å². The van der Waals surface area contributed by atoms with Crippen molar-refractivity contribution < 1.29 is 14.3 Å². The van der Waals surface area contributed by atoms with Crippen molar-refractivity contribution in [1.82, 2.24) is 29.5 Å². The molecule has 43 heavy (non-hydrogen) atoms. The standard InChI is InChI=1S/C31H29ClN8O3/c1-38(21-4-2-5-21)12-3-6-28(41)39-14-15-42-30-25(39)9-8-24-29(30)31(35-18-33-24)37-20-7-10-26(23(32)16-20)43-22-11-13-40-27(17-22)34-19-36-40/h3,6-11,13,16-19,21H,2,4-5,12,14-15H2,1H3,(H,33,35,37)/b6-3+. The molecule has 2 aromatic carbocycles. The minimum atomic E-state index is -0.0807. The van der Waals surface area contributed by atoms with Crippen LogP contribution in [0.4, 0.5) is 17.2 Å². The van der Waals surface area contributed by atoms with Gasteiger partial charge in [0.2, 0.25) is 0 Å². The number of amides is 1. The molecule has 3 aromatic heterocycles. The topological polar surface area (TPSA) is 110 Å². The van der Waals surface area contributed by atoms with Crippen molar-refractivity contribution in [2.24, 2.45) is 0 Å². The first-order valence-corrected chi connectivity index (χ1v) is 14.5. The van der Waals surface area contributed by atoms with E-state index in [0.29, 0.717) is 75.2 Å². The molecular formula is C31H29ClN8O3. The van der Waals surface area contributed by atoms with Crippen molar-refractivity contribution in [1.29, 1.82) is 0 Å². The first-order valence-electron chi connectivity index (χ1n) is 14.2. The summed E-state index contributed by atoms with van der Waals surface area (Å²) in [7, 11) is 2.11. The summed E-state index contributed by atoms with van der Waals surface area (Å²) in [6.07, 6.45) is 12.1. The summed E-state index contributed by atoms with van der Waals surface area (Å²) in [5.74, 6) is 2.10. The Morgan fingerprint density at radius 3 is 2.91 bits per heavy atom. The minimum absolute atomic E-state index is 0.0807. The summed E-state index contributed by atoms with van der Waals surface area (Å²) in [5.41, 5.74) is 2.74. The number of fused-ring (bicyclic) bond motifs is 4. The molecule has 1 N–H and O–H groups in total. The van der Waals surface area contributed by atoms with Crippen LogP contribution in [0.3, 0.4) is 0 Å². The number of halogens is 1. The van der Waals surface area contributed by atoms with E-state index in [2.05, 4.69) is 37.3 Å². The van der Waals surface area contributed by atoms with Crippen molar-refractivity contribution in [3.63, 3.8) is 0 Å². The largest absolute Gasteiger partial charge is 0.489 e. The zero-order valence-corrected chi connectivity index (χ0v) is 24.2. The Bertz CT molecular complexity index is 1850. The van der Waals surface area contributed by atoms with Gasteiger partial charge in [-0.25, -0.2) is 19.5 Å². The van der Waals surface area contributed by atoms with Gasteiger partial charge in [-0.05, 0) is 56.3 Å². The Labute approximate surface area is 252 Å². The molecule has 11 nitrogen and oxygen atoms in total. The zero-order chi connectivity index (χ0) is 29.3. The van der Waals surface area contributed by atoms with Gasteiger partial charge < -0.3 is 19.7 Å². The molecule has 2 aliphatic rings. The Kier molecular flexibility index (Phi) is 7.25. The maximum absolute atomic E-state index is 13.2. The van der Waals surface area contributed by atoms with Gasteiger partial charge in [-0.3, -0.25) is 9.69 Å². The molecule has 7 rings (SSSR count). The number of anilines is 3. The quantitative estimate of drug-likeness (QED) is 0.228. The number of nitrogens with zero attached hydrogens (tertiary/aromatic N) is 7. The average molecular weight is 597 g/mol. The third kappa shape index (κ3) is 5.44. The van der Waals surface area contributed by atoms with Gasteiger partial charge in [0.05, 0.1) is 28.2 Å². The molecule has 0 spiro atoms. The Hall–Kier alpha value is -4.74. The number of pyridine rings is 1. The zero-order valence-electron chi connectivity index (χ0n) is 23.5. The van der Waals surface area contributed by atoms with Crippen molar-refractivity contribution in [3.05, 3.63) is 78.5 Å². The molecule has 0 atom stereocenters. The Balaban J connectivity index is 1.12. The van der Waals surface area contributed by atoms with Gasteiger partial charge in [-0.1, -0.05) is 24.1 Å². The molecule has 0 radical (unpaired) electrons. The van der Waals surface area contributed by atoms with Crippen molar-refractivity contribution in [3.8, 4) is 17.2 Å². The third-order valence-electron chi connectivity index (χ3n) is 7.88. The molecule has 1 aliphatic heterocycles. The Morgan fingerprint density at radius 1 is 1.16 bits per heavy atom. The van der Waals surface area contributed by atoms with Crippen LogP contribution in [0.25, 0.3) is 16.6 Å². The van der Waals surface area contributed by atoms with Crippen LogP contribution in [0.2, 0.25) is 5.02 Å². The van der Waals surface area contributed by atoms with E-state index < -0.39 is 0 Å². The predicted octanol–water partition coefficient (Wildman–Crippen LogP) is 5.63.